The molecule has 0 aliphatic heterocycles. The number of hydrogen-bond donors (Lipinski definition) is 1. The summed E-state index contributed by atoms with van der Waals surface area (Å²) in [5.41, 5.74) is 4.61. The van der Waals surface area contributed by atoms with E-state index in [4.69, 9.17) is 0 Å². The van der Waals surface area contributed by atoms with Gasteiger partial charge in [-0.2, -0.15) is 18.2 Å². The maximum Gasteiger partial charge on any atom is 0.0874 e. The zero-order chi connectivity index (χ0) is 13.9. The van der Waals surface area contributed by atoms with Crippen LogP contribution in [0.25, 0.3) is 0 Å². The molecule has 0 spiro atoms. The van der Waals surface area contributed by atoms with Gasteiger partial charge in [0.05, 0.1) is 11.4 Å². The Morgan fingerprint density at radius 2 is 1.29 bits per heavy atom. The predicted octanol–water partition coefficient (Wildman–Crippen LogP) is 5.20. The van der Waals surface area contributed by atoms with E-state index >= 15 is 0 Å². The molecule has 1 N–H and O–H groups in total. The standard InChI is InChI=1S/C12H11N3.C5H5.Mo/c1-3-7-11(8-4-1)13-15-14-12-9-5-2-6-10-12;1-2-4-5-3-1;/h1-10H,(H,13,14);1-5H;/q;-1;. The molecular weight excluding hydrogens is 342 g/mol. The fraction of sp³-hybridized carbons (Fsp3) is 0. The Bertz CT molecular complexity index is 575. The second-order valence-electron chi connectivity index (χ2n) is 3.98. The molecule has 106 valence electrons. The van der Waals surface area contributed by atoms with E-state index in [1.165, 1.54) is 0 Å². The van der Waals surface area contributed by atoms with Crippen molar-refractivity contribution in [2.45, 2.75) is 0 Å². The molecule has 3 aromatic carbocycles. The molecule has 4 heteroatoms. The van der Waals surface area contributed by atoms with Gasteiger partial charge in [-0.1, -0.05) is 41.6 Å². The van der Waals surface area contributed by atoms with Crippen LogP contribution in [0.1, 0.15) is 0 Å². The largest absolute Gasteiger partial charge is 0.260 e. The van der Waals surface area contributed by atoms with E-state index in [2.05, 4.69) is 15.8 Å². The summed E-state index contributed by atoms with van der Waals surface area (Å²) < 4.78 is 0. The topological polar surface area (TPSA) is 36.8 Å². The van der Waals surface area contributed by atoms with Crippen LogP contribution in [-0.4, -0.2) is 0 Å². The van der Waals surface area contributed by atoms with Crippen LogP contribution in [0.3, 0.4) is 0 Å². The van der Waals surface area contributed by atoms with Crippen LogP contribution in [0.2, 0.25) is 0 Å². The van der Waals surface area contributed by atoms with Gasteiger partial charge in [-0.25, -0.2) is 12.1 Å². The number of hydrogen-bond acceptors (Lipinski definition) is 2. The summed E-state index contributed by atoms with van der Waals surface area (Å²) in [6, 6.07) is 29.3. The average molecular weight is 358 g/mol. The molecule has 3 nitrogen and oxygen atoms in total. The van der Waals surface area contributed by atoms with Gasteiger partial charge in [-0.3, -0.25) is 5.43 Å². The minimum atomic E-state index is 0. The zero-order valence-electron chi connectivity index (χ0n) is 11.5. The molecule has 3 rings (SSSR count). The number of para-hydroxylation sites is 1. The predicted molar refractivity (Wildman–Crippen MR) is 83.1 cm³/mol. The van der Waals surface area contributed by atoms with Crippen LogP contribution in [0.15, 0.2) is 101 Å². The number of anilines is 1. The summed E-state index contributed by atoms with van der Waals surface area (Å²) in [7, 11) is 0. The van der Waals surface area contributed by atoms with E-state index in [1.807, 2.05) is 91.0 Å². The van der Waals surface area contributed by atoms with Crippen molar-refractivity contribution < 1.29 is 21.1 Å². The maximum absolute atomic E-state index is 4.02. The molecule has 0 heterocycles. The van der Waals surface area contributed by atoms with E-state index < -0.39 is 0 Å². The maximum atomic E-state index is 4.02. The minimum Gasteiger partial charge on any atom is -0.260 e. The Labute approximate surface area is 139 Å². The van der Waals surface area contributed by atoms with Crippen LogP contribution < -0.4 is 5.43 Å². The molecule has 0 saturated heterocycles. The van der Waals surface area contributed by atoms with Crippen molar-refractivity contribution in [2.75, 3.05) is 5.43 Å². The van der Waals surface area contributed by atoms with Gasteiger partial charge in [0.2, 0.25) is 0 Å². The van der Waals surface area contributed by atoms with Crippen molar-refractivity contribution in [1.82, 2.24) is 0 Å². The number of benzene rings is 2. The molecule has 0 amide bonds. The van der Waals surface area contributed by atoms with Crippen LogP contribution in [-0.2, 0) is 21.1 Å². The summed E-state index contributed by atoms with van der Waals surface area (Å²) in [6.45, 7) is 0. The summed E-state index contributed by atoms with van der Waals surface area (Å²) in [4.78, 5) is 0. The van der Waals surface area contributed by atoms with Crippen LogP contribution in [0.4, 0.5) is 11.4 Å². The Balaban J connectivity index is 0.000000313. The van der Waals surface area contributed by atoms with Gasteiger partial charge in [0.25, 0.3) is 0 Å². The van der Waals surface area contributed by atoms with Crippen LogP contribution in [0, 0.1) is 0 Å². The number of rotatable bonds is 3. The minimum absolute atomic E-state index is 0. The summed E-state index contributed by atoms with van der Waals surface area (Å²) in [6.07, 6.45) is 0. The van der Waals surface area contributed by atoms with Gasteiger partial charge in [0.1, 0.15) is 0 Å². The number of nitrogens with one attached hydrogen (secondary N) is 1. The van der Waals surface area contributed by atoms with E-state index in [-0.39, 0.29) is 21.1 Å². The molecule has 0 atom stereocenters. The summed E-state index contributed by atoms with van der Waals surface area (Å²) in [5, 5.41) is 7.90. The number of nitrogens with zero attached hydrogens (tertiary/aromatic N) is 2. The van der Waals surface area contributed by atoms with Crippen molar-refractivity contribution in [3.63, 3.8) is 0 Å². The van der Waals surface area contributed by atoms with Crippen LogP contribution in [0.5, 0.6) is 0 Å². The molecule has 0 fully saturated rings. The van der Waals surface area contributed by atoms with E-state index in [0.29, 0.717) is 0 Å². The molecule has 21 heavy (non-hydrogen) atoms. The first-order valence-electron chi connectivity index (χ1n) is 6.39. The van der Waals surface area contributed by atoms with E-state index in [1.54, 1.807) is 0 Å². The molecule has 0 aliphatic rings. The summed E-state index contributed by atoms with van der Waals surface area (Å²) >= 11 is 0. The smallest absolute Gasteiger partial charge is 0.0874 e. The molecule has 0 aromatic heterocycles. The Hall–Kier alpha value is -2.12. The van der Waals surface area contributed by atoms with Gasteiger partial charge >= 0.3 is 0 Å². The Morgan fingerprint density at radius 1 is 0.714 bits per heavy atom. The monoisotopic (exact) mass is 360 g/mol. The first-order chi connectivity index (χ1) is 9.95. The van der Waals surface area contributed by atoms with Crippen LogP contribution >= 0.6 is 0 Å². The molecule has 3 aromatic rings. The quantitative estimate of drug-likeness (QED) is 0.297. The fourth-order valence-corrected chi connectivity index (χ4v) is 1.47. The molecule has 0 bridgehead atoms. The van der Waals surface area contributed by atoms with Gasteiger partial charge in [-0.05, 0) is 24.3 Å². The van der Waals surface area contributed by atoms with Crippen molar-refractivity contribution in [1.29, 1.82) is 0 Å². The normalized spacial score (nSPS) is 9.33. The zero-order valence-corrected chi connectivity index (χ0v) is 13.5. The van der Waals surface area contributed by atoms with E-state index in [0.717, 1.165) is 11.4 Å². The third-order valence-electron chi connectivity index (χ3n) is 2.43. The molecule has 0 unspecified atom stereocenters. The first-order valence-corrected chi connectivity index (χ1v) is 6.39. The molecule has 0 radical (unpaired) electrons. The van der Waals surface area contributed by atoms with Crippen molar-refractivity contribution in [2.24, 2.45) is 10.3 Å². The van der Waals surface area contributed by atoms with Crippen molar-refractivity contribution >= 4 is 11.4 Å². The molecule has 0 aliphatic carbocycles. The molecular formula is C17H16MoN3-. The third kappa shape index (κ3) is 7.28. The second kappa shape index (κ2) is 10.6. The van der Waals surface area contributed by atoms with Crippen molar-refractivity contribution in [3.8, 4) is 0 Å². The third-order valence-corrected chi connectivity index (χ3v) is 2.43. The van der Waals surface area contributed by atoms with Gasteiger partial charge in [0.15, 0.2) is 0 Å². The average Bonchev–Trinajstić information content (AvgIpc) is 3.09. The first kappa shape index (κ1) is 16.9. The fourth-order valence-electron chi connectivity index (χ4n) is 1.47. The van der Waals surface area contributed by atoms with Gasteiger partial charge in [0, 0.05) is 21.1 Å². The van der Waals surface area contributed by atoms with Gasteiger partial charge in [-0.15, -0.1) is 5.11 Å². The van der Waals surface area contributed by atoms with Crippen molar-refractivity contribution in [3.05, 3.63) is 91.0 Å². The molecule has 0 saturated carbocycles. The van der Waals surface area contributed by atoms with Gasteiger partial charge < -0.3 is 0 Å². The Kier molecular flexibility index (Phi) is 8.58. The second-order valence-corrected chi connectivity index (χ2v) is 3.98. The SMILES string of the molecule is [Mo].c1cc[cH-]c1.c1ccc(N=NNc2ccccc2)cc1. The van der Waals surface area contributed by atoms with E-state index in [9.17, 15) is 0 Å². The Morgan fingerprint density at radius 3 is 1.81 bits per heavy atom. The summed E-state index contributed by atoms with van der Waals surface area (Å²) in [5.74, 6) is 0.